The highest BCUT2D eigenvalue weighted by molar-refractivity contribution is 5.89. The molecule has 1 aromatic carbocycles. The molecule has 2 heterocycles. The molecule has 2 aliphatic rings. The molecule has 0 aliphatic carbocycles. The SMILES string of the molecule is CC(C)(C)OC(=O)N1CCCCc2cc3c(cc21)COC3. The Morgan fingerprint density at radius 1 is 1.14 bits per heavy atom. The van der Waals surface area contributed by atoms with Crippen LogP contribution >= 0.6 is 0 Å². The molecule has 1 aromatic rings. The zero-order valence-corrected chi connectivity index (χ0v) is 13.1. The standard InChI is InChI=1S/C17H23NO3/c1-17(2,3)21-16(19)18-7-5-4-6-12-8-13-10-20-11-14(13)9-15(12)18/h8-9H,4-7,10-11H2,1-3H3. The molecular weight excluding hydrogens is 266 g/mol. The Hall–Kier alpha value is -1.55. The second-order valence-electron chi connectivity index (χ2n) is 6.83. The number of aryl methyl sites for hydroxylation is 1. The normalized spacial score (nSPS) is 18.0. The minimum atomic E-state index is -0.469. The molecule has 3 rings (SSSR count). The molecule has 0 spiro atoms. The Morgan fingerprint density at radius 3 is 2.57 bits per heavy atom. The molecule has 4 nitrogen and oxygen atoms in total. The van der Waals surface area contributed by atoms with Crippen molar-refractivity contribution in [2.75, 3.05) is 11.4 Å². The third-order valence-electron chi connectivity index (χ3n) is 3.90. The van der Waals surface area contributed by atoms with Crippen molar-refractivity contribution in [3.63, 3.8) is 0 Å². The number of nitrogens with zero attached hydrogens (tertiary/aromatic N) is 1. The van der Waals surface area contributed by atoms with Gasteiger partial charge in [0, 0.05) is 6.54 Å². The third-order valence-corrected chi connectivity index (χ3v) is 3.90. The molecule has 0 fully saturated rings. The molecule has 0 radical (unpaired) electrons. The molecule has 21 heavy (non-hydrogen) atoms. The van der Waals surface area contributed by atoms with E-state index in [4.69, 9.17) is 9.47 Å². The summed E-state index contributed by atoms with van der Waals surface area (Å²) in [5.74, 6) is 0. The van der Waals surface area contributed by atoms with Crippen LogP contribution in [0, 0.1) is 0 Å². The quantitative estimate of drug-likeness (QED) is 0.729. The number of fused-ring (bicyclic) bond motifs is 2. The zero-order chi connectivity index (χ0) is 15.0. The zero-order valence-electron chi connectivity index (χ0n) is 13.1. The van der Waals surface area contributed by atoms with Gasteiger partial charge in [0.1, 0.15) is 5.60 Å². The van der Waals surface area contributed by atoms with Crippen LogP contribution in [0.5, 0.6) is 0 Å². The summed E-state index contributed by atoms with van der Waals surface area (Å²) in [4.78, 5) is 14.3. The second-order valence-corrected chi connectivity index (χ2v) is 6.83. The van der Waals surface area contributed by atoms with E-state index in [1.54, 1.807) is 4.90 Å². The van der Waals surface area contributed by atoms with Crippen LogP contribution in [0.15, 0.2) is 12.1 Å². The lowest BCUT2D eigenvalue weighted by atomic mass is 10.0. The van der Waals surface area contributed by atoms with E-state index >= 15 is 0 Å². The highest BCUT2D eigenvalue weighted by Crippen LogP contribution is 2.33. The van der Waals surface area contributed by atoms with E-state index in [-0.39, 0.29) is 6.09 Å². The van der Waals surface area contributed by atoms with Crippen molar-refractivity contribution in [2.24, 2.45) is 0 Å². The van der Waals surface area contributed by atoms with Crippen molar-refractivity contribution in [1.29, 1.82) is 0 Å². The van der Waals surface area contributed by atoms with Crippen LogP contribution in [0.3, 0.4) is 0 Å². The summed E-state index contributed by atoms with van der Waals surface area (Å²) in [6.07, 6.45) is 2.88. The summed E-state index contributed by atoms with van der Waals surface area (Å²) < 4.78 is 11.1. The van der Waals surface area contributed by atoms with Gasteiger partial charge in [-0.1, -0.05) is 6.07 Å². The average Bonchev–Trinajstić information content (AvgIpc) is 2.72. The van der Waals surface area contributed by atoms with Crippen molar-refractivity contribution in [3.05, 3.63) is 28.8 Å². The number of carbonyl (C=O) groups excluding carboxylic acids is 1. The van der Waals surface area contributed by atoms with E-state index in [1.165, 1.54) is 16.7 Å². The molecule has 0 aromatic heterocycles. The number of ether oxygens (including phenoxy) is 2. The van der Waals surface area contributed by atoms with Crippen LogP contribution in [0.4, 0.5) is 10.5 Å². The van der Waals surface area contributed by atoms with E-state index in [9.17, 15) is 4.79 Å². The number of hydrogen-bond acceptors (Lipinski definition) is 3. The monoisotopic (exact) mass is 289 g/mol. The highest BCUT2D eigenvalue weighted by Gasteiger charge is 2.28. The number of rotatable bonds is 0. The van der Waals surface area contributed by atoms with Crippen LogP contribution in [-0.2, 0) is 29.1 Å². The van der Waals surface area contributed by atoms with Gasteiger partial charge in [0.25, 0.3) is 0 Å². The Morgan fingerprint density at radius 2 is 1.86 bits per heavy atom. The Balaban J connectivity index is 1.95. The van der Waals surface area contributed by atoms with E-state index < -0.39 is 5.60 Å². The summed E-state index contributed by atoms with van der Waals surface area (Å²) in [6, 6.07) is 4.33. The van der Waals surface area contributed by atoms with Gasteiger partial charge in [-0.15, -0.1) is 0 Å². The van der Waals surface area contributed by atoms with E-state index in [2.05, 4.69) is 12.1 Å². The maximum absolute atomic E-state index is 12.5. The predicted octanol–water partition coefficient (Wildman–Crippen LogP) is 3.79. The van der Waals surface area contributed by atoms with E-state index in [1.807, 2.05) is 20.8 Å². The largest absolute Gasteiger partial charge is 0.443 e. The summed E-state index contributed by atoms with van der Waals surface area (Å²) in [6.45, 7) is 7.77. The van der Waals surface area contributed by atoms with Gasteiger partial charge in [-0.05, 0) is 62.8 Å². The Bertz CT molecular complexity index is 560. The molecule has 0 N–H and O–H groups in total. The van der Waals surface area contributed by atoms with Crippen LogP contribution < -0.4 is 4.90 Å². The summed E-state index contributed by atoms with van der Waals surface area (Å²) in [7, 11) is 0. The lowest BCUT2D eigenvalue weighted by Gasteiger charge is -2.28. The summed E-state index contributed by atoms with van der Waals surface area (Å²) >= 11 is 0. The van der Waals surface area contributed by atoms with Crippen LogP contribution in [0.2, 0.25) is 0 Å². The number of benzene rings is 1. The molecule has 0 atom stereocenters. The average molecular weight is 289 g/mol. The first-order valence-electron chi connectivity index (χ1n) is 7.67. The van der Waals surface area contributed by atoms with Crippen molar-refractivity contribution < 1.29 is 14.3 Å². The fourth-order valence-corrected chi connectivity index (χ4v) is 2.93. The maximum atomic E-state index is 12.5. The van der Waals surface area contributed by atoms with Crippen LogP contribution in [-0.4, -0.2) is 18.2 Å². The Kier molecular flexibility index (Phi) is 3.66. The molecule has 0 bridgehead atoms. The summed E-state index contributed by atoms with van der Waals surface area (Å²) in [5, 5.41) is 0. The lowest BCUT2D eigenvalue weighted by Crippen LogP contribution is -2.37. The number of anilines is 1. The smallest absolute Gasteiger partial charge is 0.414 e. The molecule has 0 unspecified atom stereocenters. The topological polar surface area (TPSA) is 38.8 Å². The van der Waals surface area contributed by atoms with Gasteiger partial charge < -0.3 is 9.47 Å². The molecule has 114 valence electrons. The molecule has 0 saturated heterocycles. The fraction of sp³-hybridized carbons (Fsp3) is 0.588. The van der Waals surface area contributed by atoms with Crippen molar-refractivity contribution in [3.8, 4) is 0 Å². The third kappa shape index (κ3) is 3.05. The van der Waals surface area contributed by atoms with Crippen molar-refractivity contribution in [2.45, 2.75) is 58.8 Å². The molecule has 4 heteroatoms. The van der Waals surface area contributed by atoms with Gasteiger partial charge >= 0.3 is 6.09 Å². The predicted molar refractivity (Wildman–Crippen MR) is 81.5 cm³/mol. The number of amides is 1. The van der Waals surface area contributed by atoms with Gasteiger partial charge in [-0.2, -0.15) is 0 Å². The molecular formula is C17H23NO3. The fourth-order valence-electron chi connectivity index (χ4n) is 2.93. The maximum Gasteiger partial charge on any atom is 0.414 e. The molecule has 1 amide bonds. The van der Waals surface area contributed by atoms with Crippen molar-refractivity contribution in [1.82, 2.24) is 0 Å². The Labute approximate surface area is 126 Å². The lowest BCUT2D eigenvalue weighted by molar-refractivity contribution is 0.0580. The first kappa shape index (κ1) is 14.4. The number of carbonyl (C=O) groups is 1. The van der Waals surface area contributed by atoms with E-state index in [0.29, 0.717) is 13.2 Å². The van der Waals surface area contributed by atoms with Gasteiger partial charge in [-0.3, -0.25) is 4.90 Å². The molecule has 0 saturated carbocycles. The van der Waals surface area contributed by atoms with Gasteiger partial charge in [-0.25, -0.2) is 4.79 Å². The van der Waals surface area contributed by atoms with E-state index in [0.717, 1.165) is 31.5 Å². The highest BCUT2D eigenvalue weighted by atomic mass is 16.6. The minimum Gasteiger partial charge on any atom is -0.443 e. The minimum absolute atomic E-state index is 0.246. The first-order chi connectivity index (χ1) is 9.94. The summed E-state index contributed by atoms with van der Waals surface area (Å²) in [5.41, 5.74) is 4.24. The van der Waals surface area contributed by atoms with Gasteiger partial charge in [0.15, 0.2) is 0 Å². The van der Waals surface area contributed by atoms with Crippen molar-refractivity contribution >= 4 is 11.8 Å². The van der Waals surface area contributed by atoms with Gasteiger partial charge in [0.2, 0.25) is 0 Å². The molecule has 2 aliphatic heterocycles. The van der Waals surface area contributed by atoms with Crippen LogP contribution in [0.25, 0.3) is 0 Å². The first-order valence-corrected chi connectivity index (χ1v) is 7.67. The second kappa shape index (κ2) is 5.34. The van der Waals surface area contributed by atoms with Crippen LogP contribution in [0.1, 0.15) is 50.3 Å². The van der Waals surface area contributed by atoms with Gasteiger partial charge in [0.05, 0.1) is 18.9 Å². The number of hydrogen-bond donors (Lipinski definition) is 0.